The van der Waals surface area contributed by atoms with Crippen molar-refractivity contribution in [3.05, 3.63) is 57.7 Å². The molecule has 2 rings (SSSR count). The molecule has 21 heavy (non-hydrogen) atoms. The molecule has 1 aromatic heterocycles. The molecule has 0 saturated heterocycles. The first-order chi connectivity index (χ1) is 9.90. The summed E-state index contributed by atoms with van der Waals surface area (Å²) < 4.78 is 19.0. The number of nitro groups is 1. The molecule has 0 spiro atoms. The number of halogens is 1. The van der Waals surface area contributed by atoms with Crippen LogP contribution >= 0.6 is 0 Å². The maximum atomic E-state index is 13.8. The fourth-order valence-electron chi connectivity index (χ4n) is 1.67. The number of carboxylic acid groups (broad SMARTS) is 1. The standard InChI is InChI=1S/C13H9FN2O5/c1-7-5-11(8(14)6-9(7)16(19)20)21-10-3-2-4-15-12(10)13(17)18/h2-6H,1H3,(H,17,18). The van der Waals surface area contributed by atoms with Gasteiger partial charge < -0.3 is 9.84 Å². The lowest BCUT2D eigenvalue weighted by molar-refractivity contribution is -0.385. The SMILES string of the molecule is Cc1cc(Oc2cccnc2C(=O)O)c(F)cc1[N+](=O)[O-]. The Morgan fingerprint density at radius 1 is 1.43 bits per heavy atom. The van der Waals surface area contributed by atoms with Crippen LogP contribution in [0.3, 0.4) is 0 Å². The van der Waals surface area contributed by atoms with Crippen molar-refractivity contribution in [1.29, 1.82) is 0 Å². The summed E-state index contributed by atoms with van der Waals surface area (Å²) in [6, 6.07) is 4.60. The molecule has 1 heterocycles. The number of carboxylic acids is 1. The van der Waals surface area contributed by atoms with Crippen molar-refractivity contribution in [2.24, 2.45) is 0 Å². The molecule has 0 saturated carbocycles. The van der Waals surface area contributed by atoms with Crippen molar-refractivity contribution in [1.82, 2.24) is 4.98 Å². The Kier molecular flexibility index (Phi) is 3.79. The summed E-state index contributed by atoms with van der Waals surface area (Å²) in [7, 11) is 0. The molecule has 1 N–H and O–H groups in total. The predicted molar refractivity (Wildman–Crippen MR) is 69.1 cm³/mol. The van der Waals surface area contributed by atoms with Crippen molar-refractivity contribution in [3.63, 3.8) is 0 Å². The van der Waals surface area contributed by atoms with Gasteiger partial charge in [0.1, 0.15) is 0 Å². The summed E-state index contributed by atoms with van der Waals surface area (Å²) in [6.45, 7) is 1.42. The average molecular weight is 292 g/mol. The maximum Gasteiger partial charge on any atom is 0.358 e. The Morgan fingerprint density at radius 2 is 2.14 bits per heavy atom. The number of aryl methyl sites for hydroxylation is 1. The zero-order valence-electron chi connectivity index (χ0n) is 10.7. The van der Waals surface area contributed by atoms with Crippen LogP contribution in [0.15, 0.2) is 30.5 Å². The summed E-state index contributed by atoms with van der Waals surface area (Å²) in [5.41, 5.74) is -0.574. The van der Waals surface area contributed by atoms with E-state index in [1.54, 1.807) is 0 Å². The fourth-order valence-corrected chi connectivity index (χ4v) is 1.67. The van der Waals surface area contributed by atoms with E-state index in [-0.39, 0.29) is 28.4 Å². The second-order valence-electron chi connectivity index (χ2n) is 4.08. The molecule has 0 aliphatic heterocycles. The van der Waals surface area contributed by atoms with E-state index in [2.05, 4.69) is 4.98 Å². The molecule has 8 heteroatoms. The van der Waals surface area contributed by atoms with E-state index in [9.17, 15) is 19.3 Å². The summed E-state index contributed by atoms with van der Waals surface area (Å²) in [4.78, 5) is 24.6. The van der Waals surface area contributed by atoms with Gasteiger partial charge in [0.05, 0.1) is 11.0 Å². The van der Waals surface area contributed by atoms with Crippen LogP contribution in [0.2, 0.25) is 0 Å². The van der Waals surface area contributed by atoms with Crippen LogP contribution in [0, 0.1) is 22.9 Å². The highest BCUT2D eigenvalue weighted by molar-refractivity contribution is 5.88. The summed E-state index contributed by atoms with van der Waals surface area (Å²) in [5, 5.41) is 19.7. The van der Waals surface area contributed by atoms with E-state index in [0.717, 1.165) is 12.1 Å². The van der Waals surface area contributed by atoms with Crippen LogP contribution in [0.4, 0.5) is 10.1 Å². The highest BCUT2D eigenvalue weighted by atomic mass is 19.1. The topological polar surface area (TPSA) is 103 Å². The third-order valence-corrected chi connectivity index (χ3v) is 2.64. The Bertz CT molecular complexity index is 732. The van der Waals surface area contributed by atoms with Gasteiger partial charge in [0.25, 0.3) is 5.69 Å². The van der Waals surface area contributed by atoms with Crippen molar-refractivity contribution in [2.75, 3.05) is 0 Å². The minimum absolute atomic E-state index is 0.155. The van der Waals surface area contributed by atoms with E-state index >= 15 is 0 Å². The van der Waals surface area contributed by atoms with Crippen LogP contribution in [-0.4, -0.2) is 21.0 Å². The lowest BCUT2D eigenvalue weighted by Crippen LogP contribution is -2.03. The molecule has 1 aromatic carbocycles. The van der Waals surface area contributed by atoms with Gasteiger partial charge >= 0.3 is 5.97 Å². The maximum absolute atomic E-state index is 13.8. The minimum atomic E-state index is -1.33. The molecule has 0 radical (unpaired) electrons. The number of aromatic carboxylic acids is 1. The molecule has 0 amide bonds. The van der Waals surface area contributed by atoms with Gasteiger partial charge in [-0.25, -0.2) is 14.2 Å². The number of aromatic nitrogens is 1. The number of pyridine rings is 1. The first-order valence-electron chi connectivity index (χ1n) is 5.71. The Balaban J connectivity index is 2.44. The molecule has 0 unspecified atom stereocenters. The van der Waals surface area contributed by atoms with Gasteiger partial charge in [-0.2, -0.15) is 0 Å². The minimum Gasteiger partial charge on any atom is -0.476 e. The van der Waals surface area contributed by atoms with Gasteiger partial charge in [-0.05, 0) is 25.1 Å². The normalized spacial score (nSPS) is 10.2. The van der Waals surface area contributed by atoms with Crippen LogP contribution in [-0.2, 0) is 0 Å². The molecular weight excluding hydrogens is 283 g/mol. The number of nitro benzene ring substituents is 1. The van der Waals surface area contributed by atoms with Gasteiger partial charge in [-0.3, -0.25) is 10.1 Å². The van der Waals surface area contributed by atoms with Gasteiger partial charge in [0.15, 0.2) is 23.0 Å². The van der Waals surface area contributed by atoms with Crippen LogP contribution < -0.4 is 4.74 Å². The lowest BCUT2D eigenvalue weighted by atomic mass is 10.2. The number of benzene rings is 1. The molecule has 0 fully saturated rings. The summed E-state index contributed by atoms with van der Waals surface area (Å²) >= 11 is 0. The van der Waals surface area contributed by atoms with E-state index in [1.807, 2.05) is 0 Å². The molecule has 7 nitrogen and oxygen atoms in total. The van der Waals surface area contributed by atoms with Crippen molar-refractivity contribution in [3.8, 4) is 11.5 Å². The first-order valence-corrected chi connectivity index (χ1v) is 5.71. The quantitative estimate of drug-likeness (QED) is 0.686. The second-order valence-corrected chi connectivity index (χ2v) is 4.08. The largest absolute Gasteiger partial charge is 0.476 e. The monoisotopic (exact) mass is 292 g/mol. The molecular formula is C13H9FN2O5. The third-order valence-electron chi connectivity index (χ3n) is 2.64. The Hall–Kier alpha value is -3.03. The number of rotatable bonds is 4. The molecule has 2 aromatic rings. The van der Waals surface area contributed by atoms with Crippen LogP contribution in [0.1, 0.15) is 16.1 Å². The average Bonchev–Trinajstić information content (AvgIpc) is 2.42. The zero-order valence-corrected chi connectivity index (χ0v) is 10.7. The lowest BCUT2D eigenvalue weighted by Gasteiger charge is -2.09. The van der Waals surface area contributed by atoms with Gasteiger partial charge in [0.2, 0.25) is 0 Å². The van der Waals surface area contributed by atoms with Gasteiger partial charge in [-0.15, -0.1) is 0 Å². The predicted octanol–water partition coefficient (Wildman–Crippen LogP) is 2.93. The van der Waals surface area contributed by atoms with Gasteiger partial charge in [0, 0.05) is 11.8 Å². The number of hydrogen-bond acceptors (Lipinski definition) is 5. The molecule has 0 aliphatic rings. The number of carbonyl (C=O) groups is 1. The van der Waals surface area contributed by atoms with E-state index in [4.69, 9.17) is 9.84 Å². The molecule has 0 bridgehead atoms. The third kappa shape index (κ3) is 2.94. The second kappa shape index (κ2) is 5.53. The highest BCUT2D eigenvalue weighted by Crippen LogP contribution is 2.31. The van der Waals surface area contributed by atoms with Crippen LogP contribution in [0.5, 0.6) is 11.5 Å². The number of ether oxygens (including phenoxy) is 1. The van der Waals surface area contributed by atoms with Crippen LogP contribution in [0.25, 0.3) is 0 Å². The smallest absolute Gasteiger partial charge is 0.358 e. The van der Waals surface area contributed by atoms with Gasteiger partial charge in [-0.1, -0.05) is 0 Å². The number of hydrogen-bond donors (Lipinski definition) is 1. The van der Waals surface area contributed by atoms with Crippen molar-refractivity contribution in [2.45, 2.75) is 6.92 Å². The van der Waals surface area contributed by atoms with E-state index in [1.165, 1.54) is 25.3 Å². The van der Waals surface area contributed by atoms with Crippen molar-refractivity contribution < 1.29 is 24.0 Å². The Labute approximate surface area is 117 Å². The fraction of sp³-hybridized carbons (Fsp3) is 0.0769. The molecule has 108 valence electrons. The summed E-state index contributed by atoms with van der Waals surface area (Å²) in [6.07, 6.45) is 1.26. The highest BCUT2D eigenvalue weighted by Gasteiger charge is 2.19. The Morgan fingerprint density at radius 3 is 2.76 bits per heavy atom. The summed E-state index contributed by atoms with van der Waals surface area (Å²) in [5.74, 6) is -2.76. The van der Waals surface area contributed by atoms with Crippen molar-refractivity contribution >= 4 is 11.7 Å². The molecule has 0 aliphatic carbocycles. The van der Waals surface area contributed by atoms with E-state index in [0.29, 0.717) is 0 Å². The van der Waals surface area contributed by atoms with E-state index < -0.39 is 16.7 Å². The molecule has 0 atom stereocenters. The first kappa shape index (κ1) is 14.4. The number of nitrogens with zero attached hydrogens (tertiary/aromatic N) is 2. The zero-order chi connectivity index (χ0) is 15.6.